The van der Waals surface area contributed by atoms with Crippen LogP contribution in [0.2, 0.25) is 0 Å². The molecule has 0 aliphatic carbocycles. The first-order chi connectivity index (χ1) is 26.1. The maximum absolute atomic E-state index is 8.39. The Kier molecular flexibility index (Phi) is 5.04. The molecule has 0 amide bonds. The van der Waals surface area contributed by atoms with Crippen LogP contribution in [0.15, 0.2) is 71.4 Å². The van der Waals surface area contributed by atoms with Crippen molar-refractivity contribution in [1.29, 1.82) is 0 Å². The van der Waals surface area contributed by atoms with Crippen LogP contribution < -0.4 is 0 Å². The summed E-state index contributed by atoms with van der Waals surface area (Å²) in [5, 5.41) is 2.74. The molecule has 4 aromatic heterocycles. The van der Waals surface area contributed by atoms with Crippen molar-refractivity contribution in [3.05, 3.63) is 113 Å². The molecular weight excluding hydrogens is 719 g/mol. The third kappa shape index (κ3) is 6.31. The number of pyridine rings is 3. The summed E-state index contributed by atoms with van der Waals surface area (Å²) < 4.78 is 114. The van der Waals surface area contributed by atoms with Gasteiger partial charge in [-0.1, -0.05) is 74.0 Å². The van der Waals surface area contributed by atoms with Crippen LogP contribution in [-0.4, -0.2) is 15.0 Å². The van der Waals surface area contributed by atoms with Crippen molar-refractivity contribution in [3.8, 4) is 22.5 Å². The summed E-state index contributed by atoms with van der Waals surface area (Å²) in [5.41, 5.74) is 2.58. The molecule has 0 fully saturated rings. The van der Waals surface area contributed by atoms with Crippen LogP contribution in [-0.2, 0) is 26.5 Å². The Bertz CT molecular complexity index is 2600. The molecule has 0 saturated carbocycles. The molecule has 0 atom stereocenters. The Labute approximate surface area is 293 Å². The standard InChI is InChI=1S/C21H15N2O.C18H22N.Ir/c1-11-8-17(22-10-12(11)2)16-7-6-14-4-5-15-9-13(3)23-21-19(15)18(14)20(16)24-21;1-13-6-8-15(9-7-13)17-10-14(2)16(12-19-17)11-18(3,4)5;/h4-6,8-10H,1-3H3;6-8,10,12H,11H2,1-5H3;/q2*-1;/i1D3,2D3,3D3;1D3,11D2;. The SMILES string of the molecule is [2H]C([2H])([2H])c1c[c-]c(-c2cc(C)c(C([2H])([2H])C(C)(C)C)cn2)cc1.[2H]C([2H])([2H])c1cc2ccc3c[c-]c(-c4cc(C([2H])([2H])[2H])c(C([2H])([2H])[2H])cn4)c4oc(n1)c2c34.[Ir]. The quantitative estimate of drug-likeness (QED) is 0.133. The van der Waals surface area contributed by atoms with E-state index in [0.717, 1.165) is 17.1 Å². The van der Waals surface area contributed by atoms with Gasteiger partial charge in [0, 0.05) is 62.8 Å². The van der Waals surface area contributed by atoms with Gasteiger partial charge < -0.3 is 14.4 Å². The zero-order valence-corrected chi connectivity index (χ0v) is 26.8. The number of hydrogen-bond donors (Lipinski definition) is 0. The van der Waals surface area contributed by atoms with Gasteiger partial charge >= 0.3 is 0 Å². The van der Waals surface area contributed by atoms with Crippen molar-refractivity contribution < 1.29 is 43.7 Å². The van der Waals surface area contributed by atoms with E-state index in [4.69, 9.17) is 23.6 Å². The summed E-state index contributed by atoms with van der Waals surface area (Å²) in [4.78, 5) is 12.8. The smallest absolute Gasteiger partial charge is 0.216 e. The van der Waals surface area contributed by atoms with Crippen molar-refractivity contribution in [2.75, 3.05) is 0 Å². The van der Waals surface area contributed by atoms with E-state index in [2.05, 4.69) is 27.1 Å². The molecule has 4 heterocycles. The van der Waals surface area contributed by atoms with Crippen molar-refractivity contribution in [1.82, 2.24) is 15.0 Å². The van der Waals surface area contributed by atoms with E-state index in [1.54, 1.807) is 30.5 Å². The number of hydrogen-bond acceptors (Lipinski definition) is 4. The molecule has 0 aliphatic heterocycles. The number of nitrogens with zero attached hydrogens (tertiary/aromatic N) is 3. The summed E-state index contributed by atoms with van der Waals surface area (Å²) in [7, 11) is 0. The summed E-state index contributed by atoms with van der Waals surface area (Å²) in [6.07, 6.45) is 1.11. The van der Waals surface area contributed by atoms with Gasteiger partial charge in [0.05, 0.1) is 5.58 Å². The van der Waals surface area contributed by atoms with Crippen LogP contribution in [0.5, 0.6) is 0 Å². The van der Waals surface area contributed by atoms with E-state index in [9.17, 15) is 0 Å². The summed E-state index contributed by atoms with van der Waals surface area (Å²) in [5.74, 6) is 0. The molecule has 3 aromatic carbocycles. The van der Waals surface area contributed by atoms with E-state index < -0.39 is 39.2 Å². The molecule has 4 nitrogen and oxygen atoms in total. The van der Waals surface area contributed by atoms with E-state index in [1.165, 1.54) is 18.2 Å². The Morgan fingerprint density at radius 1 is 0.818 bits per heavy atom. The second-order valence-electron chi connectivity index (χ2n) is 11.4. The third-order valence-electron chi connectivity index (χ3n) is 6.89. The molecule has 1 radical (unpaired) electrons. The predicted molar refractivity (Wildman–Crippen MR) is 178 cm³/mol. The van der Waals surface area contributed by atoms with Gasteiger partial charge in [-0.2, -0.15) is 0 Å². The number of benzene rings is 3. The van der Waals surface area contributed by atoms with Crippen LogP contribution in [0, 0.1) is 51.9 Å². The van der Waals surface area contributed by atoms with Gasteiger partial charge in [-0.3, -0.25) is 0 Å². The monoisotopic (exact) mass is 770 g/mol. The first kappa shape index (κ1) is 18.1. The Morgan fingerprint density at radius 3 is 2.32 bits per heavy atom. The van der Waals surface area contributed by atoms with Gasteiger partial charge in [-0.15, -0.1) is 47.5 Å². The van der Waals surface area contributed by atoms with Crippen molar-refractivity contribution >= 4 is 32.8 Å². The Balaban J connectivity index is 0.000000229. The molecule has 0 bridgehead atoms. The van der Waals surface area contributed by atoms with Crippen molar-refractivity contribution in [2.45, 2.75) is 61.5 Å². The van der Waals surface area contributed by atoms with Crippen LogP contribution in [0.25, 0.3) is 55.4 Å². The van der Waals surface area contributed by atoms with Gasteiger partial charge in [0.15, 0.2) is 0 Å². The predicted octanol–water partition coefficient (Wildman–Crippen LogP) is 10.1. The maximum atomic E-state index is 8.39. The fraction of sp³-hybridized carbons (Fsp3) is 0.256. The van der Waals surface area contributed by atoms with Crippen LogP contribution >= 0.6 is 0 Å². The van der Waals surface area contributed by atoms with Gasteiger partial charge in [0.1, 0.15) is 0 Å². The molecule has 0 spiro atoms. The third-order valence-corrected chi connectivity index (χ3v) is 6.89. The first-order valence-corrected chi connectivity index (χ1v) is 13.6. The minimum Gasteiger partial charge on any atom is -0.486 e. The summed E-state index contributed by atoms with van der Waals surface area (Å²) in [6, 6.07) is 20.5. The van der Waals surface area contributed by atoms with Crippen molar-refractivity contribution in [2.24, 2.45) is 5.41 Å². The van der Waals surface area contributed by atoms with Crippen LogP contribution in [0.4, 0.5) is 0 Å². The van der Waals surface area contributed by atoms with E-state index >= 15 is 0 Å². The first-order valence-electron chi connectivity index (χ1n) is 20.6. The van der Waals surface area contributed by atoms with Crippen molar-refractivity contribution in [3.63, 3.8) is 0 Å². The zero-order valence-electron chi connectivity index (χ0n) is 38.4. The molecular formula is C39H37IrN3O-2. The number of furan rings is 1. The molecule has 0 aliphatic rings. The fourth-order valence-corrected chi connectivity index (χ4v) is 4.91. The van der Waals surface area contributed by atoms with Gasteiger partial charge in [0.2, 0.25) is 5.71 Å². The average molecular weight is 770 g/mol. The van der Waals surface area contributed by atoms with E-state index in [-0.39, 0.29) is 53.9 Å². The zero-order chi connectivity index (χ0) is 42.3. The van der Waals surface area contributed by atoms with E-state index in [1.807, 2.05) is 39.8 Å². The normalized spacial score (nSPS) is 17.7. The summed E-state index contributed by atoms with van der Waals surface area (Å²) >= 11 is 0. The molecule has 44 heavy (non-hydrogen) atoms. The van der Waals surface area contributed by atoms with Gasteiger partial charge in [-0.25, -0.2) is 4.98 Å². The summed E-state index contributed by atoms with van der Waals surface area (Å²) in [6.45, 7) is -2.44. The largest absolute Gasteiger partial charge is 0.486 e. The molecule has 0 saturated heterocycles. The molecule has 0 unspecified atom stereocenters. The Morgan fingerprint density at radius 2 is 1.61 bits per heavy atom. The topological polar surface area (TPSA) is 51.8 Å². The number of aryl methyl sites for hydroxylation is 5. The molecule has 5 heteroatoms. The van der Waals surface area contributed by atoms with Gasteiger partial charge in [-0.05, 0) is 78.6 Å². The second kappa shape index (κ2) is 12.2. The number of aromatic nitrogens is 3. The van der Waals surface area contributed by atoms with Crippen LogP contribution in [0.1, 0.15) is 73.5 Å². The molecule has 0 N–H and O–H groups in total. The molecule has 225 valence electrons. The Hall–Kier alpha value is -3.92. The minimum absolute atomic E-state index is 0. The average Bonchev–Trinajstić information content (AvgIpc) is 3.49. The van der Waals surface area contributed by atoms with E-state index in [0.29, 0.717) is 44.1 Å². The molecule has 7 rings (SSSR count). The number of rotatable bonds is 3. The molecule has 7 aromatic rings. The second-order valence-corrected chi connectivity index (χ2v) is 11.4. The fourth-order valence-electron chi connectivity index (χ4n) is 4.91. The minimum atomic E-state index is -2.67. The maximum Gasteiger partial charge on any atom is 0.216 e. The van der Waals surface area contributed by atoms with Crippen LogP contribution in [0.3, 0.4) is 0 Å². The van der Waals surface area contributed by atoms with Gasteiger partial charge in [0.25, 0.3) is 0 Å².